The van der Waals surface area contributed by atoms with E-state index < -0.39 is 13.9 Å². The SMILES string of the molecule is CC1(c2ccc(-c3cnc4c(ccn4COCC[Si](C)(C)C)n3)cc2)OCCO1. The van der Waals surface area contributed by atoms with Gasteiger partial charge in [0.2, 0.25) is 0 Å². The largest absolute Gasteiger partial charge is 0.361 e. The van der Waals surface area contributed by atoms with Gasteiger partial charge in [-0.3, -0.25) is 0 Å². The molecule has 3 aromatic rings. The Balaban J connectivity index is 1.47. The Labute approximate surface area is 172 Å². The molecule has 1 saturated heterocycles. The quantitative estimate of drug-likeness (QED) is 0.419. The summed E-state index contributed by atoms with van der Waals surface area (Å²) in [6.07, 6.45) is 3.81. The molecule has 154 valence electrons. The summed E-state index contributed by atoms with van der Waals surface area (Å²) in [7, 11) is -1.07. The van der Waals surface area contributed by atoms with Crippen LogP contribution in [0.1, 0.15) is 12.5 Å². The van der Waals surface area contributed by atoms with Crippen molar-refractivity contribution in [1.29, 1.82) is 0 Å². The molecule has 6 nitrogen and oxygen atoms in total. The van der Waals surface area contributed by atoms with Crippen molar-refractivity contribution in [2.45, 2.75) is 45.1 Å². The summed E-state index contributed by atoms with van der Waals surface area (Å²) in [4.78, 5) is 9.42. The van der Waals surface area contributed by atoms with Crippen LogP contribution in [0.15, 0.2) is 42.7 Å². The normalized spacial score (nSPS) is 16.6. The van der Waals surface area contributed by atoms with E-state index in [0.29, 0.717) is 19.9 Å². The average Bonchev–Trinajstić information content (AvgIpc) is 3.31. The molecule has 1 aliphatic heterocycles. The summed E-state index contributed by atoms with van der Waals surface area (Å²) in [5.41, 5.74) is 4.59. The molecule has 0 aliphatic carbocycles. The highest BCUT2D eigenvalue weighted by atomic mass is 28.3. The van der Waals surface area contributed by atoms with E-state index in [1.807, 2.05) is 54.2 Å². The molecule has 1 aromatic carbocycles. The molecular weight excluding hydrogens is 382 g/mol. The molecule has 0 saturated carbocycles. The first-order valence-electron chi connectivity index (χ1n) is 10.1. The van der Waals surface area contributed by atoms with Crippen LogP contribution in [0.2, 0.25) is 25.7 Å². The zero-order valence-corrected chi connectivity index (χ0v) is 18.6. The summed E-state index contributed by atoms with van der Waals surface area (Å²) in [5.74, 6) is -0.652. The summed E-state index contributed by atoms with van der Waals surface area (Å²) in [6, 6.07) is 11.3. The molecule has 1 fully saturated rings. The van der Waals surface area contributed by atoms with Gasteiger partial charge in [0.1, 0.15) is 12.2 Å². The number of ether oxygens (including phenoxy) is 3. The maximum absolute atomic E-state index is 5.85. The van der Waals surface area contributed by atoms with Crippen LogP contribution in [0.25, 0.3) is 22.4 Å². The number of rotatable bonds is 7. The summed E-state index contributed by atoms with van der Waals surface area (Å²) in [5, 5.41) is 0. The molecule has 0 atom stereocenters. The molecule has 7 heteroatoms. The Morgan fingerprint density at radius 1 is 1.10 bits per heavy atom. The van der Waals surface area contributed by atoms with Gasteiger partial charge < -0.3 is 18.8 Å². The summed E-state index contributed by atoms with van der Waals surface area (Å²) < 4.78 is 19.3. The number of hydrogen-bond donors (Lipinski definition) is 0. The van der Waals surface area contributed by atoms with Crippen molar-refractivity contribution < 1.29 is 14.2 Å². The Hall–Kier alpha value is -2.06. The standard InChI is InChI=1S/C22H29N3O3Si/c1-22(27-11-12-28-22)18-7-5-17(6-8-18)20-15-23-21-19(24-20)9-10-25(21)16-26-13-14-29(2,3)4/h5-10,15H,11-14,16H2,1-4H3. The lowest BCUT2D eigenvalue weighted by Crippen LogP contribution is -2.22. The van der Waals surface area contributed by atoms with Crippen LogP contribution in [0.3, 0.4) is 0 Å². The number of benzene rings is 1. The molecule has 0 N–H and O–H groups in total. The first kappa shape index (κ1) is 20.2. The van der Waals surface area contributed by atoms with Crippen LogP contribution in [-0.4, -0.2) is 42.4 Å². The minimum Gasteiger partial charge on any atom is -0.361 e. The lowest BCUT2D eigenvalue weighted by Gasteiger charge is -2.22. The first-order chi connectivity index (χ1) is 13.8. The fraction of sp³-hybridized carbons (Fsp3) is 0.455. The number of nitrogens with zero attached hydrogens (tertiary/aromatic N) is 3. The van der Waals surface area contributed by atoms with E-state index in [1.165, 1.54) is 0 Å². The van der Waals surface area contributed by atoms with Crippen LogP contribution in [0, 0.1) is 0 Å². The van der Waals surface area contributed by atoms with Crippen molar-refractivity contribution >= 4 is 19.2 Å². The van der Waals surface area contributed by atoms with Crippen molar-refractivity contribution in [3.63, 3.8) is 0 Å². The highest BCUT2D eigenvalue weighted by Gasteiger charge is 2.32. The Bertz CT molecular complexity index is 973. The maximum atomic E-state index is 5.85. The Kier molecular flexibility index (Phi) is 5.57. The Morgan fingerprint density at radius 2 is 1.83 bits per heavy atom. The summed E-state index contributed by atoms with van der Waals surface area (Å²) in [6.45, 7) is 11.6. The lowest BCUT2D eigenvalue weighted by atomic mass is 10.0. The van der Waals surface area contributed by atoms with Crippen molar-refractivity contribution in [3.05, 3.63) is 48.3 Å². The fourth-order valence-electron chi connectivity index (χ4n) is 3.37. The zero-order chi connectivity index (χ0) is 20.5. The van der Waals surface area contributed by atoms with Crippen molar-refractivity contribution in [2.75, 3.05) is 19.8 Å². The van der Waals surface area contributed by atoms with E-state index in [9.17, 15) is 0 Å². The van der Waals surface area contributed by atoms with Crippen molar-refractivity contribution in [1.82, 2.24) is 14.5 Å². The van der Waals surface area contributed by atoms with E-state index in [2.05, 4.69) is 24.6 Å². The fourth-order valence-corrected chi connectivity index (χ4v) is 4.13. The van der Waals surface area contributed by atoms with Gasteiger partial charge in [0.25, 0.3) is 0 Å². The van der Waals surface area contributed by atoms with Crippen molar-refractivity contribution in [2.24, 2.45) is 0 Å². The topological polar surface area (TPSA) is 58.4 Å². The van der Waals surface area contributed by atoms with Crippen molar-refractivity contribution in [3.8, 4) is 11.3 Å². The van der Waals surface area contributed by atoms with Crippen LogP contribution < -0.4 is 0 Å². The van der Waals surface area contributed by atoms with E-state index in [-0.39, 0.29) is 0 Å². The summed E-state index contributed by atoms with van der Waals surface area (Å²) >= 11 is 0. The molecule has 4 rings (SSSR count). The van der Waals surface area contributed by atoms with Gasteiger partial charge >= 0.3 is 0 Å². The van der Waals surface area contributed by atoms with E-state index in [1.54, 1.807) is 0 Å². The smallest absolute Gasteiger partial charge is 0.192 e. The molecule has 3 heterocycles. The predicted molar refractivity (Wildman–Crippen MR) is 116 cm³/mol. The van der Waals surface area contributed by atoms with Crippen LogP contribution in [-0.2, 0) is 26.7 Å². The highest BCUT2D eigenvalue weighted by Crippen LogP contribution is 2.32. The molecular formula is C22H29N3O3Si. The predicted octanol–water partition coefficient (Wildman–Crippen LogP) is 4.63. The van der Waals surface area contributed by atoms with E-state index in [0.717, 1.165) is 40.6 Å². The number of aromatic nitrogens is 3. The van der Waals surface area contributed by atoms with Gasteiger partial charge in [-0.2, -0.15) is 0 Å². The third-order valence-electron chi connectivity index (χ3n) is 5.23. The maximum Gasteiger partial charge on any atom is 0.192 e. The second-order valence-corrected chi connectivity index (χ2v) is 14.4. The molecule has 0 bridgehead atoms. The Morgan fingerprint density at radius 3 is 2.52 bits per heavy atom. The molecule has 0 radical (unpaired) electrons. The molecule has 29 heavy (non-hydrogen) atoms. The van der Waals surface area contributed by atoms with Gasteiger partial charge in [-0.1, -0.05) is 43.9 Å². The zero-order valence-electron chi connectivity index (χ0n) is 17.6. The molecule has 2 aromatic heterocycles. The monoisotopic (exact) mass is 411 g/mol. The van der Waals surface area contributed by atoms with Gasteiger partial charge in [-0.15, -0.1) is 0 Å². The molecule has 0 spiro atoms. The van der Waals surface area contributed by atoms with E-state index >= 15 is 0 Å². The second kappa shape index (κ2) is 7.99. The third kappa shape index (κ3) is 4.58. The van der Waals surface area contributed by atoms with Gasteiger partial charge in [0, 0.05) is 32.0 Å². The average molecular weight is 412 g/mol. The third-order valence-corrected chi connectivity index (χ3v) is 6.94. The van der Waals surface area contributed by atoms with Gasteiger partial charge in [-0.05, 0) is 19.0 Å². The van der Waals surface area contributed by atoms with Crippen LogP contribution in [0.5, 0.6) is 0 Å². The minimum atomic E-state index is -1.07. The number of fused-ring (bicyclic) bond motifs is 1. The van der Waals surface area contributed by atoms with E-state index in [4.69, 9.17) is 19.2 Å². The molecule has 0 amide bonds. The first-order valence-corrected chi connectivity index (χ1v) is 13.8. The van der Waals surface area contributed by atoms with Crippen LogP contribution >= 0.6 is 0 Å². The second-order valence-electron chi connectivity index (χ2n) is 8.82. The van der Waals surface area contributed by atoms with Gasteiger partial charge in [0.15, 0.2) is 11.4 Å². The lowest BCUT2D eigenvalue weighted by molar-refractivity contribution is -0.149. The van der Waals surface area contributed by atoms with Crippen LogP contribution in [0.4, 0.5) is 0 Å². The van der Waals surface area contributed by atoms with Gasteiger partial charge in [0.05, 0.1) is 25.1 Å². The van der Waals surface area contributed by atoms with Gasteiger partial charge in [-0.25, -0.2) is 9.97 Å². The molecule has 0 unspecified atom stereocenters. The number of hydrogen-bond acceptors (Lipinski definition) is 5. The minimum absolute atomic E-state index is 0.509. The highest BCUT2D eigenvalue weighted by molar-refractivity contribution is 6.76. The molecule has 1 aliphatic rings.